The van der Waals surface area contributed by atoms with Crippen LogP contribution in [0.25, 0.3) is 11.1 Å². The van der Waals surface area contributed by atoms with E-state index in [1.54, 1.807) is 0 Å². The van der Waals surface area contributed by atoms with Crippen molar-refractivity contribution in [1.82, 2.24) is 4.68 Å². The van der Waals surface area contributed by atoms with E-state index in [9.17, 15) is 31.1 Å². The molecule has 2 rings (SSSR count). The lowest BCUT2D eigenvalue weighted by Gasteiger charge is -2.13. The molecular weight excluding hydrogens is 314 g/mol. The Balaban J connectivity index is 2.54. The third-order valence-corrected chi connectivity index (χ3v) is 2.90. The van der Waals surface area contributed by atoms with Crippen molar-refractivity contribution in [3.8, 4) is 11.1 Å². The fraction of sp³-hybridized carbons (Fsp3) is 0.154. The summed E-state index contributed by atoms with van der Waals surface area (Å²) in [7, 11) is 0. The topological polar surface area (TPSA) is 48.0 Å². The van der Waals surface area contributed by atoms with E-state index in [2.05, 4.69) is 0 Å². The van der Waals surface area contributed by atoms with Gasteiger partial charge in [0.25, 0.3) is 5.56 Å². The molecule has 0 saturated heterocycles. The Hall–Kier alpha value is -2.45. The average Bonchev–Trinajstić information content (AvgIpc) is 2.39. The van der Waals surface area contributed by atoms with Crippen LogP contribution in [0.1, 0.15) is 11.3 Å². The van der Waals surface area contributed by atoms with E-state index in [0.29, 0.717) is 6.07 Å². The lowest BCUT2D eigenvalue weighted by Crippen LogP contribution is -2.33. The maximum Gasteiger partial charge on any atom is 0.433 e. The van der Waals surface area contributed by atoms with Gasteiger partial charge in [-0.1, -0.05) is 12.1 Å². The molecular formula is C13H8F6N2O. The van der Waals surface area contributed by atoms with Crippen molar-refractivity contribution < 1.29 is 26.3 Å². The number of pyridine rings is 1. The molecule has 3 nitrogen and oxygen atoms in total. The van der Waals surface area contributed by atoms with Gasteiger partial charge in [-0.25, -0.2) is 4.68 Å². The summed E-state index contributed by atoms with van der Waals surface area (Å²) in [6.45, 7) is 0. The summed E-state index contributed by atoms with van der Waals surface area (Å²) >= 11 is 0. The quantitative estimate of drug-likeness (QED) is 0.647. The Kier molecular flexibility index (Phi) is 3.68. The molecule has 0 bridgehead atoms. The van der Waals surface area contributed by atoms with Crippen LogP contribution in [-0.2, 0) is 12.4 Å². The van der Waals surface area contributed by atoms with Crippen LogP contribution in [0.3, 0.4) is 0 Å². The molecule has 0 aliphatic rings. The van der Waals surface area contributed by atoms with Crippen LogP contribution in [0.15, 0.2) is 41.2 Å². The van der Waals surface area contributed by atoms with E-state index < -0.39 is 29.2 Å². The molecule has 0 fully saturated rings. The van der Waals surface area contributed by atoms with Crippen molar-refractivity contribution >= 4 is 0 Å². The summed E-state index contributed by atoms with van der Waals surface area (Å²) in [6, 6.07) is 4.83. The number of aromatic nitrogens is 1. The molecule has 1 heterocycles. The van der Waals surface area contributed by atoms with E-state index in [0.717, 1.165) is 30.3 Å². The van der Waals surface area contributed by atoms with Crippen molar-refractivity contribution in [1.29, 1.82) is 0 Å². The van der Waals surface area contributed by atoms with Crippen molar-refractivity contribution in [2.24, 2.45) is 0 Å². The number of halogens is 6. The summed E-state index contributed by atoms with van der Waals surface area (Å²) in [5, 5.41) is 0. The molecule has 0 atom stereocenters. The Bertz CT molecular complexity index is 743. The second-order valence-electron chi connectivity index (χ2n) is 4.41. The molecule has 9 heteroatoms. The number of benzene rings is 1. The highest BCUT2D eigenvalue weighted by molar-refractivity contribution is 5.64. The number of rotatable bonds is 1. The van der Waals surface area contributed by atoms with Crippen LogP contribution in [0.4, 0.5) is 26.3 Å². The molecule has 118 valence electrons. The van der Waals surface area contributed by atoms with Gasteiger partial charge >= 0.3 is 12.4 Å². The highest BCUT2D eigenvalue weighted by Crippen LogP contribution is 2.33. The van der Waals surface area contributed by atoms with E-state index in [-0.39, 0.29) is 15.8 Å². The minimum absolute atomic E-state index is 0.0381. The zero-order valence-corrected chi connectivity index (χ0v) is 10.7. The number of nitrogen functional groups attached to an aromatic ring is 1. The molecule has 0 unspecified atom stereocenters. The van der Waals surface area contributed by atoms with E-state index in [4.69, 9.17) is 5.84 Å². The number of nitrogens with two attached hydrogens (primary N) is 1. The first-order valence-electron chi connectivity index (χ1n) is 5.77. The smallest absolute Gasteiger partial charge is 0.336 e. The first kappa shape index (κ1) is 15.9. The summed E-state index contributed by atoms with van der Waals surface area (Å²) in [6.07, 6.45) is -9.42. The van der Waals surface area contributed by atoms with Gasteiger partial charge in [-0.05, 0) is 29.3 Å². The van der Waals surface area contributed by atoms with Gasteiger partial charge in [-0.3, -0.25) is 4.79 Å². The van der Waals surface area contributed by atoms with Gasteiger partial charge in [-0.15, -0.1) is 0 Å². The number of hydrogen-bond acceptors (Lipinski definition) is 2. The van der Waals surface area contributed by atoms with Crippen LogP contribution in [0.2, 0.25) is 0 Å². The number of hydrogen-bond donors (Lipinski definition) is 1. The van der Waals surface area contributed by atoms with Crippen molar-refractivity contribution in [2.75, 3.05) is 5.84 Å². The molecule has 0 spiro atoms. The van der Waals surface area contributed by atoms with Gasteiger partial charge in [0.1, 0.15) is 5.69 Å². The maximum absolute atomic E-state index is 12.8. The summed E-state index contributed by atoms with van der Waals surface area (Å²) < 4.78 is 75.5. The van der Waals surface area contributed by atoms with Crippen molar-refractivity contribution in [3.63, 3.8) is 0 Å². The molecule has 0 aliphatic heterocycles. The van der Waals surface area contributed by atoms with E-state index >= 15 is 0 Å². The molecule has 0 saturated carbocycles. The average molecular weight is 322 g/mol. The molecule has 0 radical (unpaired) electrons. The zero-order valence-electron chi connectivity index (χ0n) is 10.7. The SMILES string of the molecule is Nn1c(C(F)(F)F)cc(-c2ccc(C(F)(F)F)cc2)cc1=O. The fourth-order valence-corrected chi connectivity index (χ4v) is 1.82. The van der Waals surface area contributed by atoms with Crippen LogP contribution in [0, 0.1) is 0 Å². The highest BCUT2D eigenvalue weighted by Gasteiger charge is 2.35. The van der Waals surface area contributed by atoms with Crippen molar-refractivity contribution in [2.45, 2.75) is 12.4 Å². The summed E-state index contributed by atoms with van der Waals surface area (Å²) in [5.41, 5.74) is -3.59. The Labute approximate surface area is 119 Å². The first-order chi connectivity index (χ1) is 10.00. The molecule has 1 aromatic carbocycles. The third kappa shape index (κ3) is 3.07. The largest absolute Gasteiger partial charge is 0.433 e. The van der Waals surface area contributed by atoms with E-state index in [1.807, 2.05) is 0 Å². The molecule has 22 heavy (non-hydrogen) atoms. The first-order valence-corrected chi connectivity index (χ1v) is 5.77. The predicted molar refractivity (Wildman–Crippen MR) is 66.3 cm³/mol. The van der Waals surface area contributed by atoms with Gasteiger partial charge in [0.15, 0.2) is 0 Å². The Morgan fingerprint density at radius 1 is 0.818 bits per heavy atom. The number of nitrogens with zero attached hydrogens (tertiary/aromatic N) is 1. The molecule has 0 amide bonds. The van der Waals surface area contributed by atoms with Gasteiger partial charge in [0.2, 0.25) is 0 Å². The fourth-order valence-electron chi connectivity index (χ4n) is 1.82. The minimum Gasteiger partial charge on any atom is -0.336 e. The lowest BCUT2D eigenvalue weighted by molar-refractivity contribution is -0.143. The number of alkyl halides is 6. The molecule has 2 N–H and O–H groups in total. The minimum atomic E-state index is -4.87. The molecule has 0 aliphatic carbocycles. The van der Waals surface area contributed by atoms with Crippen LogP contribution in [-0.4, -0.2) is 4.68 Å². The lowest BCUT2D eigenvalue weighted by atomic mass is 10.0. The standard InChI is InChI=1S/C13H8F6N2O/c14-12(15,16)9-3-1-7(2-4-9)8-5-10(13(17,18)19)21(20)11(22)6-8/h1-6H,20H2. The van der Waals surface area contributed by atoms with E-state index in [1.165, 1.54) is 0 Å². The van der Waals surface area contributed by atoms with Gasteiger partial charge in [0.05, 0.1) is 5.56 Å². The second kappa shape index (κ2) is 5.08. The normalized spacial score (nSPS) is 12.5. The Morgan fingerprint density at radius 2 is 1.36 bits per heavy atom. The second-order valence-corrected chi connectivity index (χ2v) is 4.41. The predicted octanol–water partition coefficient (Wildman–Crippen LogP) is 3.27. The molecule has 2 aromatic rings. The Morgan fingerprint density at radius 3 is 1.82 bits per heavy atom. The van der Waals surface area contributed by atoms with Gasteiger partial charge in [-0.2, -0.15) is 26.3 Å². The summed E-state index contributed by atoms with van der Waals surface area (Å²) in [4.78, 5) is 11.5. The highest BCUT2D eigenvalue weighted by atomic mass is 19.4. The van der Waals surface area contributed by atoms with Crippen LogP contribution < -0.4 is 11.4 Å². The summed E-state index contributed by atoms with van der Waals surface area (Å²) in [5.74, 6) is 5.03. The molecule has 1 aromatic heterocycles. The zero-order chi connectivity index (χ0) is 16.7. The van der Waals surface area contributed by atoms with Crippen molar-refractivity contribution in [3.05, 3.63) is 58.0 Å². The third-order valence-electron chi connectivity index (χ3n) is 2.90. The maximum atomic E-state index is 12.8. The monoisotopic (exact) mass is 322 g/mol. The van der Waals surface area contributed by atoms with Gasteiger partial charge in [0, 0.05) is 6.07 Å². The van der Waals surface area contributed by atoms with Crippen LogP contribution >= 0.6 is 0 Å². The van der Waals surface area contributed by atoms with Gasteiger partial charge < -0.3 is 5.84 Å². The van der Waals surface area contributed by atoms with Crippen LogP contribution in [0.5, 0.6) is 0 Å².